The van der Waals surface area contributed by atoms with E-state index in [1.165, 1.54) is 0 Å². The van der Waals surface area contributed by atoms with Crippen molar-refractivity contribution in [2.45, 2.75) is 38.8 Å². The van der Waals surface area contributed by atoms with Gasteiger partial charge in [-0.3, -0.25) is 4.79 Å². The highest BCUT2D eigenvalue weighted by atomic mass is 16.2. The molecule has 4 nitrogen and oxygen atoms in total. The van der Waals surface area contributed by atoms with E-state index in [0.717, 1.165) is 24.2 Å². The molecule has 1 aliphatic rings. The van der Waals surface area contributed by atoms with Gasteiger partial charge >= 0.3 is 0 Å². The molecule has 0 bridgehead atoms. The molecule has 3 N–H and O–H groups in total. The lowest BCUT2D eigenvalue weighted by molar-refractivity contribution is -0.122. The van der Waals surface area contributed by atoms with Gasteiger partial charge in [0.25, 0.3) is 0 Å². The zero-order chi connectivity index (χ0) is 13.0. The Balaban J connectivity index is 1.94. The van der Waals surface area contributed by atoms with E-state index in [1.54, 1.807) is 0 Å². The molecule has 1 heterocycles. The van der Waals surface area contributed by atoms with Crippen LogP contribution in [0.5, 0.6) is 0 Å². The summed E-state index contributed by atoms with van der Waals surface area (Å²) in [5.74, 6) is 0.0675. The van der Waals surface area contributed by atoms with E-state index in [0.29, 0.717) is 6.54 Å². The van der Waals surface area contributed by atoms with E-state index in [-0.39, 0.29) is 18.0 Å². The van der Waals surface area contributed by atoms with E-state index in [2.05, 4.69) is 22.9 Å². The van der Waals surface area contributed by atoms with E-state index >= 15 is 0 Å². The topological polar surface area (TPSA) is 53.2 Å². The molecule has 1 amide bonds. The summed E-state index contributed by atoms with van der Waals surface area (Å²) in [5.41, 5.74) is 2.05. The summed E-state index contributed by atoms with van der Waals surface area (Å²) in [6.07, 6.45) is 2.10. The summed E-state index contributed by atoms with van der Waals surface area (Å²) in [6, 6.07) is 7.98. The van der Waals surface area contributed by atoms with Gasteiger partial charge in [0.2, 0.25) is 5.91 Å². The first-order valence-electron chi connectivity index (χ1n) is 6.60. The van der Waals surface area contributed by atoms with Gasteiger partial charge in [-0.05, 0) is 25.5 Å². The number of benzene rings is 1. The minimum atomic E-state index is -0.195. The SMILES string of the molecule is CCCC(C)NC(=O)C1CNc2ccccc2N1. The predicted octanol–water partition coefficient (Wildman–Crippen LogP) is 2.20. The third-order valence-corrected chi connectivity index (χ3v) is 3.18. The van der Waals surface area contributed by atoms with Gasteiger partial charge in [0, 0.05) is 12.6 Å². The quantitative estimate of drug-likeness (QED) is 0.764. The molecule has 2 rings (SSSR count). The van der Waals surface area contributed by atoms with Crippen LogP contribution in [0.4, 0.5) is 11.4 Å². The molecule has 98 valence electrons. The predicted molar refractivity (Wildman–Crippen MR) is 74.9 cm³/mol. The van der Waals surface area contributed by atoms with Gasteiger partial charge in [0.05, 0.1) is 11.4 Å². The van der Waals surface area contributed by atoms with E-state index < -0.39 is 0 Å². The standard InChI is InChI=1S/C14H21N3O/c1-3-6-10(2)16-14(18)13-9-15-11-7-4-5-8-12(11)17-13/h4-5,7-8,10,13,15,17H,3,6,9H2,1-2H3,(H,16,18). The van der Waals surface area contributed by atoms with Gasteiger partial charge < -0.3 is 16.0 Å². The maximum Gasteiger partial charge on any atom is 0.244 e. The third kappa shape index (κ3) is 2.94. The van der Waals surface area contributed by atoms with Gasteiger partial charge in [-0.1, -0.05) is 25.5 Å². The summed E-state index contributed by atoms with van der Waals surface area (Å²) in [6.45, 7) is 4.80. The molecule has 0 aromatic heterocycles. The lowest BCUT2D eigenvalue weighted by Crippen LogP contribution is -2.48. The fourth-order valence-electron chi connectivity index (χ4n) is 2.22. The van der Waals surface area contributed by atoms with Gasteiger partial charge in [0.1, 0.15) is 6.04 Å². The summed E-state index contributed by atoms with van der Waals surface area (Å²) >= 11 is 0. The molecular weight excluding hydrogens is 226 g/mol. The Labute approximate surface area is 108 Å². The first-order valence-corrected chi connectivity index (χ1v) is 6.60. The van der Waals surface area contributed by atoms with Crippen LogP contribution in [0, 0.1) is 0 Å². The molecule has 1 aromatic rings. The van der Waals surface area contributed by atoms with Crippen molar-refractivity contribution in [3.8, 4) is 0 Å². The van der Waals surface area contributed by atoms with Crippen molar-refractivity contribution in [2.24, 2.45) is 0 Å². The smallest absolute Gasteiger partial charge is 0.244 e. The van der Waals surface area contributed by atoms with Crippen molar-refractivity contribution in [1.29, 1.82) is 0 Å². The van der Waals surface area contributed by atoms with Crippen LogP contribution in [0.25, 0.3) is 0 Å². The lowest BCUT2D eigenvalue weighted by Gasteiger charge is -2.28. The van der Waals surface area contributed by atoms with Gasteiger partial charge in [-0.2, -0.15) is 0 Å². The normalized spacial score (nSPS) is 19.1. The Morgan fingerprint density at radius 1 is 1.44 bits per heavy atom. The molecule has 4 heteroatoms. The van der Waals surface area contributed by atoms with Crippen molar-refractivity contribution < 1.29 is 4.79 Å². The Morgan fingerprint density at radius 3 is 2.89 bits per heavy atom. The second-order valence-corrected chi connectivity index (χ2v) is 4.82. The van der Waals surface area contributed by atoms with Crippen molar-refractivity contribution in [3.63, 3.8) is 0 Å². The second-order valence-electron chi connectivity index (χ2n) is 4.82. The monoisotopic (exact) mass is 247 g/mol. The second kappa shape index (κ2) is 5.76. The molecule has 0 radical (unpaired) electrons. The molecule has 18 heavy (non-hydrogen) atoms. The number of anilines is 2. The lowest BCUT2D eigenvalue weighted by atomic mass is 10.1. The maximum absolute atomic E-state index is 12.1. The van der Waals surface area contributed by atoms with Crippen molar-refractivity contribution in [2.75, 3.05) is 17.2 Å². The summed E-state index contributed by atoms with van der Waals surface area (Å²) < 4.78 is 0. The van der Waals surface area contributed by atoms with Crippen molar-refractivity contribution >= 4 is 17.3 Å². The Morgan fingerprint density at radius 2 is 2.17 bits per heavy atom. The highest BCUT2D eigenvalue weighted by molar-refractivity contribution is 5.88. The van der Waals surface area contributed by atoms with Gasteiger partial charge in [-0.25, -0.2) is 0 Å². The van der Waals surface area contributed by atoms with Crippen molar-refractivity contribution in [1.82, 2.24) is 5.32 Å². The first kappa shape index (κ1) is 12.7. The third-order valence-electron chi connectivity index (χ3n) is 3.18. The molecule has 1 aromatic carbocycles. The van der Waals surface area contributed by atoms with Crippen LogP contribution in [0.2, 0.25) is 0 Å². The number of rotatable bonds is 4. The summed E-state index contributed by atoms with van der Waals surface area (Å²) in [4.78, 5) is 12.1. The van der Waals surface area contributed by atoms with Crippen LogP contribution < -0.4 is 16.0 Å². The molecule has 0 fully saturated rings. The number of para-hydroxylation sites is 2. The van der Waals surface area contributed by atoms with Crippen molar-refractivity contribution in [3.05, 3.63) is 24.3 Å². The minimum Gasteiger partial charge on any atom is -0.381 e. The molecular formula is C14H21N3O. The number of carbonyl (C=O) groups is 1. The summed E-state index contributed by atoms with van der Waals surface area (Å²) in [5, 5.41) is 9.59. The van der Waals surface area contributed by atoms with Crippen LogP contribution in [0.3, 0.4) is 0 Å². The van der Waals surface area contributed by atoms with Crippen LogP contribution in [0.15, 0.2) is 24.3 Å². The number of hydrogen-bond acceptors (Lipinski definition) is 3. The zero-order valence-electron chi connectivity index (χ0n) is 11.0. The number of hydrogen-bond donors (Lipinski definition) is 3. The number of fused-ring (bicyclic) bond motifs is 1. The zero-order valence-corrected chi connectivity index (χ0v) is 11.0. The molecule has 0 saturated heterocycles. The van der Waals surface area contributed by atoms with Gasteiger partial charge in [0.15, 0.2) is 0 Å². The maximum atomic E-state index is 12.1. The number of amides is 1. The fraction of sp³-hybridized carbons (Fsp3) is 0.500. The largest absolute Gasteiger partial charge is 0.381 e. The molecule has 2 atom stereocenters. The van der Waals surface area contributed by atoms with Gasteiger partial charge in [-0.15, -0.1) is 0 Å². The van der Waals surface area contributed by atoms with E-state index in [4.69, 9.17) is 0 Å². The summed E-state index contributed by atoms with van der Waals surface area (Å²) in [7, 11) is 0. The van der Waals surface area contributed by atoms with Crippen LogP contribution in [-0.4, -0.2) is 24.5 Å². The molecule has 1 aliphatic heterocycles. The highest BCUT2D eigenvalue weighted by Gasteiger charge is 2.23. The average molecular weight is 247 g/mol. The molecule has 0 saturated carbocycles. The number of nitrogens with one attached hydrogen (secondary N) is 3. The Bertz CT molecular complexity index is 419. The van der Waals surface area contributed by atoms with Crippen LogP contribution in [-0.2, 0) is 4.79 Å². The minimum absolute atomic E-state index is 0.0675. The Kier molecular flexibility index (Phi) is 4.07. The average Bonchev–Trinajstić information content (AvgIpc) is 2.38. The van der Waals surface area contributed by atoms with E-state index in [1.807, 2.05) is 31.2 Å². The van der Waals surface area contributed by atoms with E-state index in [9.17, 15) is 4.79 Å². The van der Waals surface area contributed by atoms with Crippen LogP contribution in [0.1, 0.15) is 26.7 Å². The fourth-order valence-corrected chi connectivity index (χ4v) is 2.22. The number of carbonyl (C=O) groups excluding carboxylic acids is 1. The molecule has 0 spiro atoms. The Hall–Kier alpha value is -1.71. The van der Waals surface area contributed by atoms with Crippen LogP contribution >= 0.6 is 0 Å². The molecule has 0 aliphatic carbocycles. The highest BCUT2D eigenvalue weighted by Crippen LogP contribution is 2.25. The first-order chi connectivity index (χ1) is 8.70. The molecule has 2 unspecified atom stereocenters.